The maximum absolute atomic E-state index is 6.02. The van der Waals surface area contributed by atoms with Crippen molar-refractivity contribution in [3.63, 3.8) is 0 Å². The molecule has 3 heteroatoms. The number of nitrogens with two attached hydrogens (primary N) is 2. The van der Waals surface area contributed by atoms with E-state index in [0.29, 0.717) is 0 Å². The van der Waals surface area contributed by atoms with Crippen molar-refractivity contribution in [2.75, 3.05) is 5.73 Å². The van der Waals surface area contributed by atoms with E-state index in [4.69, 9.17) is 11.5 Å². The average Bonchev–Trinajstić information content (AvgIpc) is 2.89. The van der Waals surface area contributed by atoms with Gasteiger partial charge in [-0.3, -0.25) is 4.98 Å². The lowest BCUT2D eigenvalue weighted by atomic mass is 10.0. The topological polar surface area (TPSA) is 64.9 Å². The van der Waals surface area contributed by atoms with E-state index in [0.717, 1.165) is 23.6 Å². The summed E-state index contributed by atoms with van der Waals surface area (Å²) in [5.74, 6) is 0.828. The predicted molar refractivity (Wildman–Crippen MR) is 52.9 cm³/mol. The van der Waals surface area contributed by atoms with Crippen molar-refractivity contribution in [2.45, 2.75) is 25.3 Å². The number of hydrogen-bond donors (Lipinski definition) is 2. The van der Waals surface area contributed by atoms with Crippen LogP contribution in [0.15, 0.2) is 18.5 Å². The molecule has 1 aromatic heterocycles. The highest BCUT2D eigenvalue weighted by Gasteiger charge is 2.25. The first-order valence-electron chi connectivity index (χ1n) is 4.72. The predicted octanol–water partition coefficient (Wildman–Crippen LogP) is 1.46. The molecule has 0 amide bonds. The van der Waals surface area contributed by atoms with Gasteiger partial charge in [0.05, 0.1) is 0 Å². The molecular formula is C10H15N3. The third-order valence-corrected chi connectivity index (χ3v) is 2.57. The Hall–Kier alpha value is -1.09. The van der Waals surface area contributed by atoms with Gasteiger partial charge in [0.25, 0.3) is 0 Å². The highest BCUT2D eigenvalue weighted by atomic mass is 14.7. The summed E-state index contributed by atoms with van der Waals surface area (Å²) in [5, 5.41) is 0. The Bertz CT molecular complexity index is 294. The van der Waals surface area contributed by atoms with Crippen LogP contribution in [0.25, 0.3) is 0 Å². The summed E-state index contributed by atoms with van der Waals surface area (Å²) in [5.41, 5.74) is 13.6. The first-order valence-corrected chi connectivity index (χ1v) is 4.72. The van der Waals surface area contributed by atoms with Crippen LogP contribution in [0, 0.1) is 5.92 Å². The van der Waals surface area contributed by atoms with E-state index in [2.05, 4.69) is 4.98 Å². The molecule has 1 aromatic rings. The van der Waals surface area contributed by atoms with Crippen LogP contribution in [0.2, 0.25) is 0 Å². The number of nitrogens with zero attached hydrogens (tertiary/aromatic N) is 1. The summed E-state index contributed by atoms with van der Waals surface area (Å²) >= 11 is 0. The summed E-state index contributed by atoms with van der Waals surface area (Å²) in [4.78, 5) is 4.03. The molecule has 13 heavy (non-hydrogen) atoms. The zero-order valence-corrected chi connectivity index (χ0v) is 7.61. The summed E-state index contributed by atoms with van der Waals surface area (Å²) in [6.07, 6.45) is 7.18. The third-order valence-electron chi connectivity index (χ3n) is 2.57. The van der Waals surface area contributed by atoms with Gasteiger partial charge in [-0.1, -0.05) is 12.8 Å². The lowest BCUT2D eigenvalue weighted by molar-refractivity contribution is 0.597. The van der Waals surface area contributed by atoms with E-state index in [9.17, 15) is 0 Å². The molecule has 1 atom stereocenters. The summed E-state index contributed by atoms with van der Waals surface area (Å²) in [6.45, 7) is 0. The second kappa shape index (κ2) is 3.34. The van der Waals surface area contributed by atoms with Crippen LogP contribution >= 0.6 is 0 Å². The fourth-order valence-corrected chi connectivity index (χ4v) is 1.57. The fraction of sp³-hybridized carbons (Fsp3) is 0.500. The first kappa shape index (κ1) is 8.51. The van der Waals surface area contributed by atoms with Gasteiger partial charge in [0.15, 0.2) is 0 Å². The Morgan fingerprint density at radius 3 is 2.92 bits per heavy atom. The highest BCUT2D eigenvalue weighted by Crippen LogP contribution is 2.37. The Labute approximate surface area is 78.1 Å². The standard InChI is InChI=1S/C10H15N3/c11-9-3-4-13-6-8(9)10(12)5-7-1-2-7/h3-4,6-7,10H,1-2,5,12H2,(H2,11,13)/t10-/m1/s1. The quantitative estimate of drug-likeness (QED) is 0.734. The third kappa shape index (κ3) is 1.98. The Morgan fingerprint density at radius 2 is 2.31 bits per heavy atom. The minimum Gasteiger partial charge on any atom is -0.398 e. The van der Waals surface area contributed by atoms with Crippen molar-refractivity contribution in [3.05, 3.63) is 24.0 Å². The van der Waals surface area contributed by atoms with Gasteiger partial charge in [-0.2, -0.15) is 0 Å². The van der Waals surface area contributed by atoms with Gasteiger partial charge in [-0.15, -0.1) is 0 Å². The molecule has 1 aliphatic carbocycles. The first-order chi connectivity index (χ1) is 6.27. The van der Waals surface area contributed by atoms with Gasteiger partial charge in [-0.25, -0.2) is 0 Å². The number of nitrogen functional groups attached to an aromatic ring is 1. The molecule has 1 saturated carbocycles. The summed E-state index contributed by atoms with van der Waals surface area (Å²) in [6, 6.07) is 1.88. The SMILES string of the molecule is Nc1ccncc1[C@H](N)CC1CC1. The van der Waals surface area contributed by atoms with Crippen LogP contribution in [-0.2, 0) is 0 Å². The highest BCUT2D eigenvalue weighted by molar-refractivity contribution is 5.46. The second-order valence-corrected chi connectivity index (χ2v) is 3.79. The van der Waals surface area contributed by atoms with E-state index >= 15 is 0 Å². The van der Waals surface area contributed by atoms with E-state index in [1.807, 2.05) is 6.07 Å². The number of rotatable bonds is 3. The van der Waals surface area contributed by atoms with Gasteiger partial charge in [0.1, 0.15) is 0 Å². The monoisotopic (exact) mass is 177 g/mol. The van der Waals surface area contributed by atoms with Gasteiger partial charge < -0.3 is 11.5 Å². The summed E-state index contributed by atoms with van der Waals surface area (Å²) < 4.78 is 0. The van der Waals surface area contributed by atoms with Crippen molar-refractivity contribution in [1.82, 2.24) is 4.98 Å². The molecule has 0 saturated heterocycles. The molecule has 0 radical (unpaired) electrons. The Morgan fingerprint density at radius 1 is 1.54 bits per heavy atom. The molecule has 4 N–H and O–H groups in total. The maximum atomic E-state index is 6.02. The molecule has 1 fully saturated rings. The van der Waals surface area contributed by atoms with Crippen molar-refractivity contribution in [3.8, 4) is 0 Å². The molecule has 0 unspecified atom stereocenters. The molecule has 70 valence electrons. The zero-order chi connectivity index (χ0) is 9.26. The number of aromatic nitrogens is 1. The molecule has 3 nitrogen and oxygen atoms in total. The van der Waals surface area contributed by atoms with E-state index in [1.165, 1.54) is 12.8 Å². The van der Waals surface area contributed by atoms with Crippen LogP contribution in [0.5, 0.6) is 0 Å². The van der Waals surface area contributed by atoms with Crippen molar-refractivity contribution >= 4 is 5.69 Å². The average molecular weight is 177 g/mol. The molecular weight excluding hydrogens is 162 g/mol. The Kier molecular flexibility index (Phi) is 2.19. The summed E-state index contributed by atoms with van der Waals surface area (Å²) in [7, 11) is 0. The number of hydrogen-bond acceptors (Lipinski definition) is 3. The van der Waals surface area contributed by atoms with Crippen LogP contribution in [0.1, 0.15) is 30.9 Å². The molecule has 0 bridgehead atoms. The van der Waals surface area contributed by atoms with Gasteiger partial charge in [-0.05, 0) is 18.4 Å². The van der Waals surface area contributed by atoms with Crippen LogP contribution < -0.4 is 11.5 Å². The minimum absolute atomic E-state index is 0.0706. The van der Waals surface area contributed by atoms with E-state index in [1.54, 1.807) is 12.4 Å². The minimum atomic E-state index is 0.0706. The fourth-order valence-electron chi connectivity index (χ4n) is 1.57. The van der Waals surface area contributed by atoms with Gasteiger partial charge in [0, 0.05) is 29.7 Å². The normalized spacial score (nSPS) is 18.5. The van der Waals surface area contributed by atoms with Crippen molar-refractivity contribution in [1.29, 1.82) is 0 Å². The lowest BCUT2D eigenvalue weighted by Crippen LogP contribution is -2.13. The van der Waals surface area contributed by atoms with E-state index in [-0.39, 0.29) is 6.04 Å². The molecule has 0 aliphatic heterocycles. The van der Waals surface area contributed by atoms with Gasteiger partial charge >= 0.3 is 0 Å². The zero-order valence-electron chi connectivity index (χ0n) is 7.61. The molecule has 2 rings (SSSR count). The Balaban J connectivity index is 2.09. The largest absolute Gasteiger partial charge is 0.398 e. The number of pyridine rings is 1. The van der Waals surface area contributed by atoms with Crippen molar-refractivity contribution in [2.24, 2.45) is 11.7 Å². The van der Waals surface area contributed by atoms with Crippen LogP contribution in [0.4, 0.5) is 5.69 Å². The lowest BCUT2D eigenvalue weighted by Gasteiger charge is -2.12. The smallest absolute Gasteiger partial charge is 0.0393 e. The van der Waals surface area contributed by atoms with E-state index < -0.39 is 0 Å². The van der Waals surface area contributed by atoms with Crippen LogP contribution in [-0.4, -0.2) is 4.98 Å². The molecule has 0 spiro atoms. The molecule has 1 heterocycles. The molecule has 0 aromatic carbocycles. The second-order valence-electron chi connectivity index (χ2n) is 3.79. The molecule has 1 aliphatic rings. The van der Waals surface area contributed by atoms with Crippen molar-refractivity contribution < 1.29 is 0 Å². The maximum Gasteiger partial charge on any atom is 0.0393 e. The van der Waals surface area contributed by atoms with Crippen LogP contribution in [0.3, 0.4) is 0 Å². The van der Waals surface area contributed by atoms with Gasteiger partial charge in [0.2, 0.25) is 0 Å². The number of anilines is 1.